The zero-order valence-corrected chi connectivity index (χ0v) is 13.9. The third-order valence-corrected chi connectivity index (χ3v) is 4.38. The molecule has 1 aromatic heterocycles. The number of carbonyl (C=O) groups excluding carboxylic acids is 1. The summed E-state index contributed by atoms with van der Waals surface area (Å²) < 4.78 is 26.4. The lowest BCUT2D eigenvalue weighted by atomic mass is 10.0. The fourth-order valence-electron chi connectivity index (χ4n) is 2.29. The number of thiophene rings is 1. The Morgan fingerprint density at radius 1 is 1.25 bits per heavy atom. The van der Waals surface area contributed by atoms with Gasteiger partial charge in [0.1, 0.15) is 0 Å². The monoisotopic (exact) mass is 353 g/mol. The Kier molecular flexibility index (Phi) is 6.03. The predicted molar refractivity (Wildman–Crippen MR) is 86.8 cm³/mol. The maximum Gasteiger partial charge on any atom is 0.305 e. The molecular weight excluding hydrogens is 336 g/mol. The van der Waals surface area contributed by atoms with Crippen LogP contribution in [0.1, 0.15) is 30.4 Å². The van der Waals surface area contributed by atoms with Crippen LogP contribution in [0.5, 0.6) is 0 Å². The summed E-state index contributed by atoms with van der Waals surface area (Å²) in [7, 11) is 0. The minimum absolute atomic E-state index is 0.00163. The van der Waals surface area contributed by atoms with Crippen LogP contribution in [-0.4, -0.2) is 28.4 Å². The maximum absolute atomic E-state index is 13.4. The number of carbonyl (C=O) groups is 2. The van der Waals surface area contributed by atoms with E-state index in [4.69, 9.17) is 5.11 Å². The summed E-state index contributed by atoms with van der Waals surface area (Å²) in [5.74, 6) is -3.67. The molecule has 0 radical (unpaired) electrons. The average molecular weight is 353 g/mol. The van der Waals surface area contributed by atoms with E-state index in [-0.39, 0.29) is 25.4 Å². The van der Waals surface area contributed by atoms with Crippen molar-refractivity contribution >= 4 is 23.2 Å². The third kappa shape index (κ3) is 4.61. The van der Waals surface area contributed by atoms with Crippen molar-refractivity contribution in [2.45, 2.75) is 25.8 Å². The van der Waals surface area contributed by atoms with Gasteiger partial charge in [-0.25, -0.2) is 8.78 Å². The molecule has 0 spiro atoms. The second-order valence-electron chi connectivity index (χ2n) is 5.43. The van der Waals surface area contributed by atoms with Gasteiger partial charge in [-0.1, -0.05) is 6.07 Å². The van der Waals surface area contributed by atoms with Crippen LogP contribution in [0.15, 0.2) is 35.0 Å². The van der Waals surface area contributed by atoms with Crippen LogP contribution >= 0.6 is 11.3 Å². The summed E-state index contributed by atoms with van der Waals surface area (Å²) in [4.78, 5) is 24.9. The molecule has 128 valence electrons. The van der Waals surface area contributed by atoms with Crippen LogP contribution < -0.4 is 0 Å². The number of nitrogens with zero attached hydrogens (tertiary/aromatic N) is 1. The number of carboxylic acid groups (broad SMARTS) is 1. The number of amides is 1. The molecular formula is C17H17F2NO3S. The molecule has 2 aromatic rings. The number of hydrogen-bond acceptors (Lipinski definition) is 3. The molecule has 1 N–H and O–H groups in total. The summed E-state index contributed by atoms with van der Waals surface area (Å²) in [6.45, 7) is 1.77. The molecule has 1 unspecified atom stereocenters. The number of aliphatic carboxylic acids is 1. The minimum Gasteiger partial charge on any atom is -0.481 e. The van der Waals surface area contributed by atoms with Crippen LogP contribution in [0.25, 0.3) is 0 Å². The lowest BCUT2D eigenvalue weighted by Gasteiger charge is -2.25. The Labute approximate surface area is 142 Å². The molecule has 2 rings (SSSR count). The SMILES string of the molecule is CC(C(=O)N(CCC(=O)O)Cc1ccc(F)c(F)c1)c1ccsc1. The van der Waals surface area contributed by atoms with Crippen molar-refractivity contribution in [1.29, 1.82) is 0 Å². The molecule has 1 heterocycles. The van der Waals surface area contributed by atoms with Crippen molar-refractivity contribution in [2.24, 2.45) is 0 Å². The molecule has 0 bridgehead atoms. The Morgan fingerprint density at radius 2 is 2.00 bits per heavy atom. The fourth-order valence-corrected chi connectivity index (χ4v) is 3.05. The fraction of sp³-hybridized carbons (Fsp3) is 0.294. The first kappa shape index (κ1) is 18.1. The number of benzene rings is 1. The smallest absolute Gasteiger partial charge is 0.305 e. The zero-order valence-electron chi connectivity index (χ0n) is 13.0. The number of rotatable bonds is 7. The van der Waals surface area contributed by atoms with Crippen molar-refractivity contribution in [3.05, 3.63) is 57.8 Å². The molecule has 0 saturated carbocycles. The molecule has 7 heteroatoms. The number of halogens is 2. The Hall–Kier alpha value is -2.28. The highest BCUT2D eigenvalue weighted by molar-refractivity contribution is 7.08. The molecule has 0 aliphatic rings. The van der Waals surface area contributed by atoms with Gasteiger partial charge in [-0.2, -0.15) is 11.3 Å². The lowest BCUT2D eigenvalue weighted by Crippen LogP contribution is -2.35. The first-order chi connectivity index (χ1) is 11.4. The van der Waals surface area contributed by atoms with E-state index in [1.807, 2.05) is 16.8 Å². The van der Waals surface area contributed by atoms with Gasteiger partial charge in [0.2, 0.25) is 5.91 Å². The van der Waals surface area contributed by atoms with E-state index in [0.29, 0.717) is 5.56 Å². The van der Waals surface area contributed by atoms with Crippen LogP contribution in [0.4, 0.5) is 8.78 Å². The van der Waals surface area contributed by atoms with Gasteiger partial charge in [-0.05, 0) is 47.0 Å². The molecule has 0 fully saturated rings. The highest BCUT2D eigenvalue weighted by Crippen LogP contribution is 2.22. The molecule has 1 amide bonds. The number of carboxylic acids is 1. The van der Waals surface area contributed by atoms with Crippen LogP contribution in [0.3, 0.4) is 0 Å². The molecule has 0 aliphatic carbocycles. The van der Waals surface area contributed by atoms with E-state index in [0.717, 1.165) is 17.7 Å². The highest BCUT2D eigenvalue weighted by atomic mass is 32.1. The quantitative estimate of drug-likeness (QED) is 0.827. The molecule has 24 heavy (non-hydrogen) atoms. The Bertz CT molecular complexity index is 719. The largest absolute Gasteiger partial charge is 0.481 e. The Morgan fingerprint density at radius 3 is 2.58 bits per heavy atom. The first-order valence-electron chi connectivity index (χ1n) is 7.35. The molecule has 0 saturated heterocycles. The normalized spacial score (nSPS) is 12.0. The van der Waals surface area contributed by atoms with E-state index in [9.17, 15) is 18.4 Å². The van der Waals surface area contributed by atoms with E-state index in [1.54, 1.807) is 6.92 Å². The van der Waals surface area contributed by atoms with Gasteiger partial charge in [0, 0.05) is 13.1 Å². The van der Waals surface area contributed by atoms with Gasteiger partial charge >= 0.3 is 5.97 Å². The van der Waals surface area contributed by atoms with Crippen molar-refractivity contribution in [1.82, 2.24) is 4.90 Å². The second-order valence-corrected chi connectivity index (χ2v) is 6.21. The van der Waals surface area contributed by atoms with Crippen LogP contribution in [0.2, 0.25) is 0 Å². The summed E-state index contributed by atoms with van der Waals surface area (Å²) in [6.07, 6.45) is -0.216. The maximum atomic E-state index is 13.4. The average Bonchev–Trinajstić information content (AvgIpc) is 3.07. The molecule has 1 aromatic carbocycles. The van der Waals surface area contributed by atoms with Gasteiger partial charge in [-0.15, -0.1) is 0 Å². The van der Waals surface area contributed by atoms with Gasteiger partial charge in [0.05, 0.1) is 12.3 Å². The van der Waals surface area contributed by atoms with E-state index < -0.39 is 23.5 Å². The minimum atomic E-state index is -1.03. The van der Waals surface area contributed by atoms with Gasteiger partial charge in [-0.3, -0.25) is 9.59 Å². The summed E-state index contributed by atoms with van der Waals surface area (Å²) in [5, 5.41) is 12.6. The van der Waals surface area contributed by atoms with Crippen molar-refractivity contribution in [3.8, 4) is 0 Å². The summed E-state index contributed by atoms with van der Waals surface area (Å²) in [5.41, 5.74) is 1.25. The molecule has 0 aliphatic heterocycles. The van der Waals surface area contributed by atoms with Crippen molar-refractivity contribution in [3.63, 3.8) is 0 Å². The topological polar surface area (TPSA) is 57.6 Å². The van der Waals surface area contributed by atoms with E-state index in [1.165, 1.54) is 22.3 Å². The van der Waals surface area contributed by atoms with Gasteiger partial charge in [0.15, 0.2) is 11.6 Å². The van der Waals surface area contributed by atoms with Crippen molar-refractivity contribution in [2.75, 3.05) is 6.54 Å². The van der Waals surface area contributed by atoms with E-state index in [2.05, 4.69) is 0 Å². The summed E-state index contributed by atoms with van der Waals surface area (Å²) >= 11 is 1.47. The summed E-state index contributed by atoms with van der Waals surface area (Å²) in [6, 6.07) is 5.23. The molecule has 1 atom stereocenters. The third-order valence-electron chi connectivity index (χ3n) is 3.68. The standard InChI is InChI=1S/C17H17F2NO3S/c1-11(13-5-7-24-10-13)17(23)20(6-4-16(21)22)9-12-2-3-14(18)15(19)8-12/h2-3,5,7-8,10-11H,4,6,9H2,1H3,(H,21,22). The predicted octanol–water partition coefficient (Wildman–Crippen LogP) is 3.63. The Balaban J connectivity index is 2.18. The zero-order chi connectivity index (χ0) is 17.7. The first-order valence-corrected chi connectivity index (χ1v) is 8.29. The van der Waals surface area contributed by atoms with E-state index >= 15 is 0 Å². The van der Waals surface area contributed by atoms with Gasteiger partial charge < -0.3 is 10.0 Å². The second kappa shape index (κ2) is 8.01. The molecule has 4 nitrogen and oxygen atoms in total. The van der Waals surface area contributed by atoms with Crippen LogP contribution in [-0.2, 0) is 16.1 Å². The van der Waals surface area contributed by atoms with Gasteiger partial charge in [0.25, 0.3) is 0 Å². The lowest BCUT2D eigenvalue weighted by molar-refractivity contribution is -0.139. The highest BCUT2D eigenvalue weighted by Gasteiger charge is 2.23. The van der Waals surface area contributed by atoms with Crippen molar-refractivity contribution < 1.29 is 23.5 Å². The van der Waals surface area contributed by atoms with Crippen LogP contribution in [0, 0.1) is 11.6 Å². The number of hydrogen-bond donors (Lipinski definition) is 1.